The zero-order valence-electron chi connectivity index (χ0n) is 18.6. The van der Waals surface area contributed by atoms with Gasteiger partial charge in [-0.2, -0.15) is 10.2 Å². The molecule has 1 saturated heterocycles. The number of benzene rings is 2. The SMILES string of the molecule is N#Cc1nc(-c2cccc3c(=O)cc(-c4ccccc4)oc23)oc1NCCCN1CCOCC1. The van der Waals surface area contributed by atoms with E-state index in [9.17, 15) is 10.1 Å². The highest BCUT2D eigenvalue weighted by Crippen LogP contribution is 2.32. The van der Waals surface area contributed by atoms with Crippen LogP contribution in [0, 0.1) is 11.3 Å². The van der Waals surface area contributed by atoms with Gasteiger partial charge in [-0.25, -0.2) is 0 Å². The van der Waals surface area contributed by atoms with Crippen molar-refractivity contribution in [2.75, 3.05) is 44.7 Å². The lowest BCUT2D eigenvalue weighted by atomic mass is 10.1. The molecule has 4 aromatic rings. The molecule has 3 heterocycles. The number of fused-ring (bicyclic) bond motifs is 1. The van der Waals surface area contributed by atoms with E-state index in [2.05, 4.69) is 21.3 Å². The highest BCUT2D eigenvalue weighted by atomic mass is 16.5. The number of nitrogens with one attached hydrogen (secondary N) is 1. The lowest BCUT2D eigenvalue weighted by molar-refractivity contribution is 0.0378. The van der Waals surface area contributed by atoms with Crippen LogP contribution in [0.15, 0.2) is 68.2 Å². The van der Waals surface area contributed by atoms with E-state index in [4.69, 9.17) is 13.6 Å². The minimum Gasteiger partial charge on any atom is -0.455 e. The van der Waals surface area contributed by atoms with Crippen LogP contribution in [0.4, 0.5) is 5.88 Å². The van der Waals surface area contributed by atoms with Crippen LogP contribution in [0.2, 0.25) is 0 Å². The summed E-state index contributed by atoms with van der Waals surface area (Å²) in [6.45, 7) is 5.00. The van der Waals surface area contributed by atoms with Crippen LogP contribution in [0.5, 0.6) is 0 Å². The third-order valence-corrected chi connectivity index (χ3v) is 5.82. The van der Waals surface area contributed by atoms with Crippen LogP contribution in [-0.2, 0) is 4.74 Å². The van der Waals surface area contributed by atoms with E-state index in [0.717, 1.165) is 44.8 Å². The molecule has 1 fully saturated rings. The third kappa shape index (κ3) is 4.57. The zero-order valence-corrected chi connectivity index (χ0v) is 18.6. The Hall–Kier alpha value is -3.93. The van der Waals surface area contributed by atoms with Crippen LogP contribution in [0.1, 0.15) is 12.1 Å². The lowest BCUT2D eigenvalue weighted by Gasteiger charge is -2.26. The number of nitrogens with zero attached hydrogens (tertiary/aromatic N) is 3. The van der Waals surface area contributed by atoms with Gasteiger partial charge in [0.15, 0.2) is 11.0 Å². The van der Waals surface area contributed by atoms with Gasteiger partial charge < -0.3 is 18.9 Å². The van der Waals surface area contributed by atoms with Gasteiger partial charge in [-0.1, -0.05) is 36.4 Å². The molecule has 0 radical (unpaired) electrons. The minimum atomic E-state index is -0.157. The number of para-hydroxylation sites is 1. The van der Waals surface area contributed by atoms with Crippen molar-refractivity contribution in [1.29, 1.82) is 5.26 Å². The smallest absolute Gasteiger partial charge is 0.233 e. The highest BCUT2D eigenvalue weighted by Gasteiger charge is 2.19. The first-order valence-corrected chi connectivity index (χ1v) is 11.3. The maximum absolute atomic E-state index is 12.8. The van der Waals surface area contributed by atoms with E-state index in [1.807, 2.05) is 30.3 Å². The molecular weight excluding hydrogens is 432 g/mol. The molecular formula is C26H24N4O4. The maximum atomic E-state index is 12.8. The summed E-state index contributed by atoms with van der Waals surface area (Å²) in [7, 11) is 0. The first-order valence-electron chi connectivity index (χ1n) is 11.3. The van der Waals surface area contributed by atoms with E-state index in [-0.39, 0.29) is 17.0 Å². The van der Waals surface area contributed by atoms with E-state index in [0.29, 0.717) is 34.7 Å². The second-order valence-electron chi connectivity index (χ2n) is 8.07. The summed E-state index contributed by atoms with van der Waals surface area (Å²) in [5.41, 5.74) is 1.70. The zero-order chi connectivity index (χ0) is 23.3. The van der Waals surface area contributed by atoms with Crippen molar-refractivity contribution in [1.82, 2.24) is 9.88 Å². The van der Waals surface area contributed by atoms with Crippen LogP contribution in [0.3, 0.4) is 0 Å². The number of anilines is 1. The Labute approximate surface area is 196 Å². The highest BCUT2D eigenvalue weighted by molar-refractivity contribution is 5.91. The molecule has 1 aliphatic heterocycles. The summed E-state index contributed by atoms with van der Waals surface area (Å²) in [6, 6.07) is 18.2. The maximum Gasteiger partial charge on any atom is 0.233 e. The minimum absolute atomic E-state index is 0.157. The Morgan fingerprint density at radius 1 is 1.06 bits per heavy atom. The van der Waals surface area contributed by atoms with E-state index in [1.165, 1.54) is 6.07 Å². The van der Waals surface area contributed by atoms with Gasteiger partial charge >= 0.3 is 0 Å². The number of morpholine rings is 1. The Balaban J connectivity index is 1.42. The van der Waals surface area contributed by atoms with Gasteiger partial charge in [0, 0.05) is 31.3 Å². The number of rotatable bonds is 7. The molecule has 2 aromatic heterocycles. The van der Waals surface area contributed by atoms with Gasteiger partial charge in [0.05, 0.1) is 24.2 Å². The van der Waals surface area contributed by atoms with E-state index >= 15 is 0 Å². The third-order valence-electron chi connectivity index (χ3n) is 5.82. The Morgan fingerprint density at radius 3 is 2.68 bits per heavy atom. The van der Waals surface area contributed by atoms with E-state index < -0.39 is 0 Å². The predicted octanol–water partition coefficient (Wildman–Crippen LogP) is 4.12. The Kier molecular flexibility index (Phi) is 6.38. The number of aromatic nitrogens is 1. The molecule has 0 saturated carbocycles. The number of oxazole rings is 1. The quantitative estimate of drug-likeness (QED) is 0.414. The molecule has 0 unspecified atom stereocenters. The summed E-state index contributed by atoms with van der Waals surface area (Å²) in [4.78, 5) is 19.5. The van der Waals surface area contributed by atoms with Crippen LogP contribution in [0.25, 0.3) is 33.7 Å². The molecule has 1 N–H and O–H groups in total. The lowest BCUT2D eigenvalue weighted by Crippen LogP contribution is -2.37. The molecule has 0 bridgehead atoms. The Morgan fingerprint density at radius 2 is 1.88 bits per heavy atom. The van der Waals surface area contributed by atoms with Gasteiger partial charge in [-0.15, -0.1) is 0 Å². The van der Waals surface area contributed by atoms with Gasteiger partial charge in [0.2, 0.25) is 17.5 Å². The number of hydrogen-bond donors (Lipinski definition) is 1. The molecule has 0 aliphatic carbocycles. The molecule has 0 spiro atoms. The second-order valence-corrected chi connectivity index (χ2v) is 8.07. The summed E-state index contributed by atoms with van der Waals surface area (Å²) >= 11 is 0. The van der Waals surface area contributed by atoms with Crippen molar-refractivity contribution in [2.45, 2.75) is 6.42 Å². The van der Waals surface area contributed by atoms with Gasteiger partial charge in [-0.05, 0) is 25.1 Å². The number of hydrogen-bond acceptors (Lipinski definition) is 8. The molecule has 34 heavy (non-hydrogen) atoms. The fourth-order valence-corrected chi connectivity index (χ4v) is 4.05. The largest absolute Gasteiger partial charge is 0.455 e. The van der Waals surface area contributed by atoms with Crippen molar-refractivity contribution in [3.05, 3.63) is 70.5 Å². The summed E-state index contributed by atoms with van der Waals surface area (Å²) in [5.74, 6) is 1.00. The number of ether oxygens (including phenoxy) is 1. The van der Waals surface area contributed by atoms with Gasteiger partial charge in [0.25, 0.3) is 0 Å². The monoisotopic (exact) mass is 456 g/mol. The van der Waals surface area contributed by atoms with Gasteiger partial charge in [0.1, 0.15) is 11.8 Å². The molecule has 8 nitrogen and oxygen atoms in total. The molecule has 172 valence electrons. The topological polar surface area (TPSA) is 105 Å². The molecule has 2 aromatic carbocycles. The molecule has 0 amide bonds. The van der Waals surface area contributed by atoms with E-state index in [1.54, 1.807) is 18.2 Å². The molecule has 5 rings (SSSR count). The fourth-order valence-electron chi connectivity index (χ4n) is 4.05. The van der Waals surface area contributed by atoms with Gasteiger partial charge in [-0.3, -0.25) is 9.69 Å². The van der Waals surface area contributed by atoms with Crippen LogP contribution < -0.4 is 10.7 Å². The van der Waals surface area contributed by atoms with Crippen molar-refractivity contribution in [3.8, 4) is 28.8 Å². The van der Waals surface area contributed by atoms with Crippen molar-refractivity contribution >= 4 is 16.9 Å². The Bertz CT molecular complexity index is 1380. The molecule has 8 heteroatoms. The second kappa shape index (κ2) is 9.91. The predicted molar refractivity (Wildman–Crippen MR) is 128 cm³/mol. The molecule has 1 aliphatic rings. The normalized spacial score (nSPS) is 14.2. The summed E-state index contributed by atoms with van der Waals surface area (Å²) < 4.78 is 17.5. The first kappa shape index (κ1) is 21.9. The van der Waals surface area contributed by atoms with Crippen LogP contribution in [-0.4, -0.2) is 49.3 Å². The fraction of sp³-hybridized carbons (Fsp3) is 0.269. The number of nitriles is 1. The summed E-state index contributed by atoms with van der Waals surface area (Å²) in [6.07, 6.45) is 0.893. The average Bonchev–Trinajstić information content (AvgIpc) is 3.30. The average molecular weight is 457 g/mol. The molecule has 0 atom stereocenters. The van der Waals surface area contributed by atoms with Crippen molar-refractivity contribution in [3.63, 3.8) is 0 Å². The first-order chi connectivity index (χ1) is 16.7. The van der Waals surface area contributed by atoms with Crippen molar-refractivity contribution < 1.29 is 13.6 Å². The standard InChI is InChI=1S/C26H24N4O4/c27-17-21-26(28-10-5-11-30-12-14-32-15-13-30)34-25(29-21)20-9-4-8-19-22(31)16-23(33-24(19)20)18-6-2-1-3-7-18/h1-4,6-9,16,28H,5,10-15H2. The summed E-state index contributed by atoms with van der Waals surface area (Å²) in [5, 5.41) is 13.2. The van der Waals surface area contributed by atoms with Crippen molar-refractivity contribution in [2.24, 2.45) is 0 Å². The van der Waals surface area contributed by atoms with Crippen LogP contribution >= 0.6 is 0 Å².